The molecule has 2 aliphatic rings. The van der Waals surface area contributed by atoms with Gasteiger partial charge in [0.05, 0.1) is 14.2 Å². The molecule has 5 rings (SSSR count). The van der Waals surface area contributed by atoms with Crippen LogP contribution in [0.3, 0.4) is 0 Å². The van der Waals surface area contributed by atoms with E-state index in [1.54, 1.807) is 13.8 Å². The summed E-state index contributed by atoms with van der Waals surface area (Å²) in [5, 5.41) is 10.8. The fourth-order valence-electron chi connectivity index (χ4n) is 6.85. The van der Waals surface area contributed by atoms with Crippen LogP contribution in [0.5, 0.6) is 0 Å². The lowest BCUT2D eigenvalue weighted by Crippen LogP contribution is -2.51. The quantitative estimate of drug-likeness (QED) is 0.199. The molecule has 4 N–H and O–H groups in total. The molecule has 2 aliphatic heterocycles. The Morgan fingerprint density at radius 1 is 0.636 bits per heavy atom. The first-order valence-corrected chi connectivity index (χ1v) is 18.4. The maximum absolute atomic E-state index is 13.3. The van der Waals surface area contributed by atoms with Gasteiger partial charge in [0.15, 0.2) is 0 Å². The normalized spacial score (nSPS) is 17.4. The highest BCUT2D eigenvalue weighted by Crippen LogP contribution is 2.25. The number of ether oxygens (including phenoxy) is 2. The zero-order valence-electron chi connectivity index (χ0n) is 31.6. The Balaban J connectivity index is 1.19. The number of carbonyl (C=O) groups is 6. The van der Waals surface area contributed by atoms with Gasteiger partial charge >= 0.3 is 12.2 Å². The van der Waals surface area contributed by atoms with Crippen LogP contribution in [0, 0.1) is 0 Å². The number of para-hydroxylation sites is 1. The Hall–Kier alpha value is -6.12. The van der Waals surface area contributed by atoms with Gasteiger partial charge in [0, 0.05) is 43.2 Å². The zero-order valence-corrected chi connectivity index (χ0v) is 31.6. The van der Waals surface area contributed by atoms with Crippen LogP contribution in [-0.2, 0) is 41.7 Å². The zero-order chi connectivity index (χ0) is 39.5. The summed E-state index contributed by atoms with van der Waals surface area (Å²) in [6.45, 7) is 5.12. The summed E-state index contributed by atoms with van der Waals surface area (Å²) >= 11 is 0. The van der Waals surface area contributed by atoms with E-state index in [1.165, 1.54) is 24.0 Å². The molecule has 4 atom stereocenters. The van der Waals surface area contributed by atoms with E-state index < -0.39 is 36.4 Å². The van der Waals surface area contributed by atoms with E-state index in [4.69, 9.17) is 0 Å². The van der Waals surface area contributed by atoms with Gasteiger partial charge in [0.2, 0.25) is 23.6 Å². The number of likely N-dealkylation sites (tertiary alicyclic amines) is 2. The van der Waals surface area contributed by atoms with Crippen LogP contribution in [0.15, 0.2) is 78.9 Å². The highest BCUT2D eigenvalue weighted by Gasteiger charge is 2.37. The number of anilines is 3. The van der Waals surface area contributed by atoms with Crippen LogP contribution in [0.2, 0.25) is 0 Å². The number of carbonyl (C=O) groups excluding carboxylic acids is 6. The lowest BCUT2D eigenvalue weighted by molar-refractivity contribution is -0.138. The number of alkyl carbamates (subject to hydrolysis) is 2. The van der Waals surface area contributed by atoms with Crippen molar-refractivity contribution in [2.45, 2.75) is 76.8 Å². The minimum Gasteiger partial charge on any atom is -0.453 e. The molecule has 3 aromatic rings. The van der Waals surface area contributed by atoms with Crippen molar-refractivity contribution in [1.82, 2.24) is 20.4 Å². The minimum atomic E-state index is -0.827. The maximum atomic E-state index is 13.3. The average molecular weight is 756 g/mol. The molecule has 15 heteroatoms. The monoisotopic (exact) mass is 755 g/mol. The number of hydrogen-bond donors (Lipinski definition) is 4. The molecular formula is C40H49N7O8. The Kier molecular flexibility index (Phi) is 13.7. The predicted molar refractivity (Wildman–Crippen MR) is 206 cm³/mol. The molecule has 2 heterocycles. The molecule has 2 saturated heterocycles. The van der Waals surface area contributed by atoms with Crippen LogP contribution in [0.4, 0.5) is 26.7 Å². The minimum absolute atomic E-state index is 0.286. The second-order valence-corrected chi connectivity index (χ2v) is 13.7. The van der Waals surface area contributed by atoms with Crippen molar-refractivity contribution in [1.29, 1.82) is 0 Å². The molecule has 0 saturated carbocycles. The summed E-state index contributed by atoms with van der Waals surface area (Å²) < 4.78 is 9.19. The fraction of sp³-hybridized carbons (Fsp3) is 0.400. The van der Waals surface area contributed by atoms with E-state index in [0.717, 1.165) is 16.8 Å². The molecule has 0 bridgehead atoms. The van der Waals surface area contributed by atoms with Crippen LogP contribution in [-0.4, -0.2) is 97.1 Å². The molecular weight excluding hydrogens is 706 g/mol. The molecule has 0 spiro atoms. The van der Waals surface area contributed by atoms with Crippen LogP contribution in [0.25, 0.3) is 0 Å². The van der Waals surface area contributed by atoms with Gasteiger partial charge in [-0.05, 0) is 87.1 Å². The summed E-state index contributed by atoms with van der Waals surface area (Å²) in [7, 11) is 2.45. The number of amides is 6. The number of methoxy groups -OCH3 is 2. The first-order chi connectivity index (χ1) is 26.5. The summed E-state index contributed by atoms with van der Waals surface area (Å²) in [5.74, 6) is -1.26. The van der Waals surface area contributed by atoms with Gasteiger partial charge in [-0.15, -0.1) is 0 Å². The van der Waals surface area contributed by atoms with Gasteiger partial charge in [0.1, 0.15) is 24.2 Å². The second kappa shape index (κ2) is 18.8. The van der Waals surface area contributed by atoms with E-state index in [2.05, 4.69) is 35.6 Å². The van der Waals surface area contributed by atoms with Crippen molar-refractivity contribution >= 4 is 52.9 Å². The van der Waals surface area contributed by atoms with Crippen molar-refractivity contribution < 1.29 is 38.2 Å². The van der Waals surface area contributed by atoms with E-state index in [0.29, 0.717) is 63.2 Å². The maximum Gasteiger partial charge on any atom is 0.407 e. The standard InChI is InChI=1S/C40H49N7O8/c1-26(41-39(52)54-3)37(50)46-22-8-12-33(46)35(48)43-30-18-14-28(15-19-30)24-45(32-10-6-5-7-11-32)25-29-16-20-31(21-17-29)44-36(49)34-13-9-23-47(34)38(51)27(2)42-40(53)55-4/h5-7,10-11,14-21,26-27,33-34H,8-9,12-13,22-25H2,1-4H3,(H,41,52)(H,42,53)(H,43,48)(H,44,49)/t26-,27-,33-,34-/m0/s1. The van der Waals surface area contributed by atoms with E-state index in [9.17, 15) is 28.8 Å². The first kappa shape index (κ1) is 40.1. The van der Waals surface area contributed by atoms with Gasteiger partial charge in [-0.3, -0.25) is 19.2 Å². The fourth-order valence-corrected chi connectivity index (χ4v) is 6.85. The average Bonchev–Trinajstić information content (AvgIpc) is 3.90. The third-order valence-electron chi connectivity index (χ3n) is 9.77. The molecule has 292 valence electrons. The highest BCUT2D eigenvalue weighted by molar-refractivity contribution is 5.99. The van der Waals surface area contributed by atoms with Crippen LogP contribution < -0.4 is 26.2 Å². The van der Waals surface area contributed by atoms with Crippen molar-refractivity contribution in [2.24, 2.45) is 0 Å². The molecule has 0 radical (unpaired) electrons. The lowest BCUT2D eigenvalue weighted by Gasteiger charge is -2.27. The van der Waals surface area contributed by atoms with E-state index in [-0.39, 0.29) is 23.6 Å². The van der Waals surface area contributed by atoms with Gasteiger partial charge in [-0.2, -0.15) is 0 Å². The van der Waals surface area contributed by atoms with Gasteiger partial charge < -0.3 is 45.4 Å². The van der Waals surface area contributed by atoms with Crippen molar-refractivity contribution in [3.8, 4) is 0 Å². The summed E-state index contributed by atoms with van der Waals surface area (Å²) in [4.78, 5) is 80.9. The molecule has 55 heavy (non-hydrogen) atoms. The molecule has 0 unspecified atom stereocenters. The van der Waals surface area contributed by atoms with E-state index >= 15 is 0 Å². The second-order valence-electron chi connectivity index (χ2n) is 13.7. The molecule has 3 aromatic carbocycles. The van der Waals surface area contributed by atoms with Crippen molar-refractivity contribution in [2.75, 3.05) is 42.8 Å². The summed E-state index contributed by atoms with van der Waals surface area (Å²) in [5.41, 5.74) is 4.25. The Morgan fingerprint density at radius 3 is 1.42 bits per heavy atom. The topological polar surface area (TPSA) is 179 Å². The highest BCUT2D eigenvalue weighted by atomic mass is 16.5. The van der Waals surface area contributed by atoms with Crippen LogP contribution >= 0.6 is 0 Å². The van der Waals surface area contributed by atoms with Gasteiger partial charge in [-0.25, -0.2) is 9.59 Å². The third-order valence-corrected chi connectivity index (χ3v) is 9.77. The number of rotatable bonds is 13. The molecule has 0 aliphatic carbocycles. The summed E-state index contributed by atoms with van der Waals surface area (Å²) in [6, 6.07) is 22.2. The van der Waals surface area contributed by atoms with Crippen molar-refractivity contribution in [3.63, 3.8) is 0 Å². The molecule has 2 fully saturated rings. The van der Waals surface area contributed by atoms with Gasteiger partial charge in [-0.1, -0.05) is 42.5 Å². The number of hydrogen-bond acceptors (Lipinski definition) is 9. The number of benzene rings is 3. The molecule has 15 nitrogen and oxygen atoms in total. The number of nitrogens with one attached hydrogen (secondary N) is 4. The first-order valence-electron chi connectivity index (χ1n) is 18.4. The smallest absolute Gasteiger partial charge is 0.407 e. The third kappa shape index (κ3) is 10.5. The Bertz CT molecular complexity index is 1710. The van der Waals surface area contributed by atoms with Crippen molar-refractivity contribution in [3.05, 3.63) is 90.0 Å². The summed E-state index contributed by atoms with van der Waals surface area (Å²) in [6.07, 6.45) is 0.990. The Labute approximate surface area is 320 Å². The molecule has 6 amide bonds. The van der Waals surface area contributed by atoms with Gasteiger partial charge in [0.25, 0.3) is 0 Å². The number of nitrogens with zero attached hydrogens (tertiary/aromatic N) is 3. The van der Waals surface area contributed by atoms with Crippen LogP contribution in [0.1, 0.15) is 50.7 Å². The predicted octanol–water partition coefficient (Wildman–Crippen LogP) is 4.24. The Morgan fingerprint density at radius 2 is 1.04 bits per heavy atom. The largest absolute Gasteiger partial charge is 0.453 e. The lowest BCUT2D eigenvalue weighted by atomic mass is 10.1. The van der Waals surface area contributed by atoms with E-state index in [1.807, 2.05) is 78.9 Å². The SMILES string of the molecule is COC(=O)N[C@@H](C)C(=O)N1CCC[C@H]1C(=O)Nc1ccc(CN(Cc2ccc(NC(=O)[C@@H]3CCCN3C(=O)[C@H](C)NC(=O)OC)cc2)c2ccccc2)cc1. The molecule has 0 aromatic heterocycles.